The third-order valence-electron chi connectivity index (χ3n) is 2.39. The molecule has 2 rings (SSSR count). The normalized spacial score (nSPS) is 15.1. The first kappa shape index (κ1) is 7.39. The van der Waals surface area contributed by atoms with Gasteiger partial charge in [0.2, 0.25) is 0 Å². The maximum atomic E-state index is 2.26. The summed E-state index contributed by atoms with van der Waals surface area (Å²) in [4.78, 5) is 0. The van der Waals surface area contributed by atoms with Gasteiger partial charge in [0, 0.05) is 0 Å². The summed E-state index contributed by atoms with van der Waals surface area (Å²) in [6.07, 6.45) is 0. The van der Waals surface area contributed by atoms with Crippen molar-refractivity contribution >= 4 is 15.0 Å². The SMILES string of the molecule is Cc1ccc(C)c2c1C[Se]C2. The van der Waals surface area contributed by atoms with Gasteiger partial charge in [-0.1, -0.05) is 0 Å². The Balaban J connectivity index is 2.64. The second-order valence-corrected chi connectivity index (χ2v) is 5.22. The van der Waals surface area contributed by atoms with Gasteiger partial charge in [0.1, 0.15) is 0 Å². The summed E-state index contributed by atoms with van der Waals surface area (Å²) in [6.45, 7) is 4.47. The molecule has 0 saturated carbocycles. The van der Waals surface area contributed by atoms with Crippen LogP contribution in [0.15, 0.2) is 12.1 Å². The Morgan fingerprint density at radius 3 is 1.91 bits per heavy atom. The fraction of sp³-hybridized carbons (Fsp3) is 0.400. The molecule has 0 unspecified atom stereocenters. The van der Waals surface area contributed by atoms with E-state index in [4.69, 9.17) is 0 Å². The van der Waals surface area contributed by atoms with Crippen LogP contribution in [0.4, 0.5) is 0 Å². The summed E-state index contributed by atoms with van der Waals surface area (Å²) < 4.78 is 0. The van der Waals surface area contributed by atoms with E-state index < -0.39 is 0 Å². The molecule has 0 fully saturated rings. The number of hydrogen-bond donors (Lipinski definition) is 0. The summed E-state index contributed by atoms with van der Waals surface area (Å²) >= 11 is 0.860. The second-order valence-electron chi connectivity index (χ2n) is 3.15. The minimum absolute atomic E-state index is 0.860. The first-order valence-electron chi connectivity index (χ1n) is 3.95. The third kappa shape index (κ3) is 1.13. The van der Waals surface area contributed by atoms with Gasteiger partial charge in [-0.15, -0.1) is 0 Å². The van der Waals surface area contributed by atoms with Gasteiger partial charge in [-0.2, -0.15) is 0 Å². The average molecular weight is 211 g/mol. The van der Waals surface area contributed by atoms with Crippen molar-refractivity contribution in [1.29, 1.82) is 0 Å². The predicted molar refractivity (Wildman–Crippen MR) is 49.1 cm³/mol. The van der Waals surface area contributed by atoms with Crippen molar-refractivity contribution in [3.63, 3.8) is 0 Å². The third-order valence-corrected chi connectivity index (χ3v) is 4.46. The number of rotatable bonds is 0. The van der Waals surface area contributed by atoms with Crippen molar-refractivity contribution in [3.8, 4) is 0 Å². The van der Waals surface area contributed by atoms with Crippen molar-refractivity contribution < 1.29 is 0 Å². The van der Waals surface area contributed by atoms with Crippen molar-refractivity contribution in [1.82, 2.24) is 0 Å². The van der Waals surface area contributed by atoms with Gasteiger partial charge in [-0.25, -0.2) is 0 Å². The quantitative estimate of drug-likeness (QED) is 0.576. The topological polar surface area (TPSA) is 0 Å². The standard InChI is InChI=1S/C10H12Se/c1-7-3-4-8(2)10-6-11-5-9(7)10/h3-4H,5-6H2,1-2H3. The molecule has 1 aromatic rings. The van der Waals surface area contributed by atoms with Gasteiger partial charge in [0.15, 0.2) is 0 Å². The molecular weight excluding hydrogens is 199 g/mol. The molecule has 11 heavy (non-hydrogen) atoms. The zero-order chi connectivity index (χ0) is 7.84. The zero-order valence-corrected chi connectivity index (χ0v) is 8.69. The Morgan fingerprint density at radius 2 is 1.45 bits per heavy atom. The summed E-state index contributed by atoms with van der Waals surface area (Å²) in [5.41, 5.74) is 6.32. The first-order chi connectivity index (χ1) is 5.29. The van der Waals surface area contributed by atoms with E-state index in [-0.39, 0.29) is 0 Å². The number of hydrogen-bond acceptors (Lipinski definition) is 0. The Bertz CT molecular complexity index is 260. The molecule has 0 bridgehead atoms. The molecule has 0 spiro atoms. The van der Waals surface area contributed by atoms with Crippen LogP contribution in [-0.4, -0.2) is 15.0 Å². The maximum absolute atomic E-state index is 2.26. The van der Waals surface area contributed by atoms with Gasteiger partial charge in [-0.05, 0) is 0 Å². The fourth-order valence-electron chi connectivity index (χ4n) is 1.58. The van der Waals surface area contributed by atoms with Crippen LogP contribution in [-0.2, 0) is 10.6 Å². The predicted octanol–water partition coefficient (Wildman–Crippen LogP) is 2.02. The number of aryl methyl sites for hydroxylation is 2. The van der Waals surface area contributed by atoms with E-state index in [1.54, 1.807) is 11.1 Å². The molecule has 1 heteroatoms. The molecule has 1 aliphatic rings. The summed E-state index contributed by atoms with van der Waals surface area (Å²) in [7, 11) is 0. The van der Waals surface area contributed by atoms with Crippen LogP contribution in [0.5, 0.6) is 0 Å². The molecule has 1 aliphatic heterocycles. The summed E-state index contributed by atoms with van der Waals surface area (Å²) in [5, 5.41) is 2.74. The van der Waals surface area contributed by atoms with Gasteiger partial charge < -0.3 is 0 Å². The fourth-order valence-corrected chi connectivity index (χ4v) is 4.34. The van der Waals surface area contributed by atoms with E-state index in [1.807, 2.05) is 0 Å². The Hall–Kier alpha value is -0.261. The molecule has 1 aromatic carbocycles. The van der Waals surface area contributed by atoms with Crippen LogP contribution in [0.2, 0.25) is 0 Å². The molecule has 0 nitrogen and oxygen atoms in total. The van der Waals surface area contributed by atoms with Crippen LogP contribution in [0.3, 0.4) is 0 Å². The molecule has 0 radical (unpaired) electrons. The molecule has 0 N–H and O–H groups in total. The Labute approximate surface area is 74.2 Å². The van der Waals surface area contributed by atoms with Gasteiger partial charge in [-0.3, -0.25) is 0 Å². The molecule has 0 atom stereocenters. The molecule has 0 saturated heterocycles. The van der Waals surface area contributed by atoms with Gasteiger partial charge in [0.25, 0.3) is 0 Å². The average Bonchev–Trinajstić information content (AvgIpc) is 2.45. The zero-order valence-electron chi connectivity index (χ0n) is 6.98. The number of benzene rings is 1. The van der Waals surface area contributed by atoms with E-state index in [2.05, 4.69) is 26.0 Å². The Kier molecular flexibility index (Phi) is 1.78. The van der Waals surface area contributed by atoms with Crippen LogP contribution < -0.4 is 0 Å². The van der Waals surface area contributed by atoms with E-state index in [1.165, 1.54) is 21.8 Å². The van der Waals surface area contributed by atoms with Crippen molar-refractivity contribution in [2.75, 3.05) is 0 Å². The Morgan fingerprint density at radius 1 is 1.00 bits per heavy atom. The van der Waals surface area contributed by atoms with E-state index in [0.717, 1.165) is 15.0 Å². The van der Waals surface area contributed by atoms with E-state index in [9.17, 15) is 0 Å². The molecule has 0 amide bonds. The van der Waals surface area contributed by atoms with Crippen LogP contribution in [0.25, 0.3) is 0 Å². The van der Waals surface area contributed by atoms with Crippen molar-refractivity contribution in [3.05, 3.63) is 34.4 Å². The molecule has 0 aromatic heterocycles. The van der Waals surface area contributed by atoms with Gasteiger partial charge >= 0.3 is 73.8 Å². The van der Waals surface area contributed by atoms with E-state index in [0.29, 0.717) is 0 Å². The molecular formula is C10H12Se. The first-order valence-corrected chi connectivity index (χ1v) is 6.37. The number of fused-ring (bicyclic) bond motifs is 1. The minimum atomic E-state index is 0.860. The van der Waals surface area contributed by atoms with Crippen LogP contribution in [0.1, 0.15) is 22.3 Å². The molecule has 1 heterocycles. The van der Waals surface area contributed by atoms with Crippen molar-refractivity contribution in [2.45, 2.75) is 24.5 Å². The van der Waals surface area contributed by atoms with Crippen LogP contribution in [0, 0.1) is 13.8 Å². The van der Waals surface area contributed by atoms with Gasteiger partial charge in [0.05, 0.1) is 0 Å². The summed E-state index contributed by atoms with van der Waals surface area (Å²) in [5.74, 6) is 0. The molecule has 0 aliphatic carbocycles. The monoisotopic (exact) mass is 212 g/mol. The van der Waals surface area contributed by atoms with Crippen LogP contribution >= 0.6 is 0 Å². The summed E-state index contributed by atoms with van der Waals surface area (Å²) in [6, 6.07) is 4.52. The van der Waals surface area contributed by atoms with E-state index >= 15 is 0 Å². The molecule has 58 valence electrons. The van der Waals surface area contributed by atoms with Crippen molar-refractivity contribution in [2.24, 2.45) is 0 Å². The second kappa shape index (κ2) is 2.65.